The molecule has 2 heteroatoms. The van der Waals surface area contributed by atoms with Crippen molar-refractivity contribution in [2.24, 2.45) is 0 Å². The molecule has 0 aliphatic heterocycles. The fraction of sp³-hybridized carbons (Fsp3) is 1.00. The van der Waals surface area contributed by atoms with Gasteiger partial charge in [0.15, 0.2) is 0 Å². The molecule has 2 rings (SSSR count). The molecule has 0 atom stereocenters. The first-order valence-electron chi connectivity index (χ1n) is 5.41. The van der Waals surface area contributed by atoms with Crippen LogP contribution in [0.2, 0.25) is 7.87 Å². The predicted octanol–water partition coefficient (Wildman–Crippen LogP) is 3.30. The van der Waals surface area contributed by atoms with E-state index in [2.05, 4.69) is 0 Å². The van der Waals surface area contributed by atoms with E-state index in [-0.39, 0.29) is 0 Å². The maximum absolute atomic E-state index is 12.1. The quantitative estimate of drug-likeness (QED) is 0.705. The summed E-state index contributed by atoms with van der Waals surface area (Å²) >= 11 is -2.12. The van der Waals surface area contributed by atoms with Crippen molar-refractivity contribution in [1.82, 2.24) is 0 Å². The van der Waals surface area contributed by atoms with Gasteiger partial charge in [0.1, 0.15) is 0 Å². The molecule has 0 radical (unpaired) electrons. The Hall–Kier alpha value is 0.599. The van der Waals surface area contributed by atoms with E-state index in [0.717, 1.165) is 7.87 Å². The molecular weight excluding hydrogens is 255 g/mol. The van der Waals surface area contributed by atoms with E-state index in [4.69, 9.17) is 0 Å². The molecule has 2 fully saturated rings. The van der Waals surface area contributed by atoms with Gasteiger partial charge in [0.2, 0.25) is 0 Å². The Morgan fingerprint density at radius 1 is 0.750 bits per heavy atom. The number of rotatable bonds is 2. The summed E-state index contributed by atoms with van der Waals surface area (Å²) in [5.41, 5.74) is 0. The van der Waals surface area contributed by atoms with E-state index >= 15 is 0 Å². The van der Waals surface area contributed by atoms with Crippen molar-refractivity contribution in [2.45, 2.75) is 59.2 Å². The van der Waals surface area contributed by atoms with Crippen LogP contribution in [0.25, 0.3) is 0 Å². The van der Waals surface area contributed by atoms with Crippen LogP contribution >= 0.6 is 0 Å². The molecule has 1 nitrogen and oxygen atoms in total. The first kappa shape index (κ1) is 9.17. The normalized spacial score (nSPS) is 26.7. The Morgan fingerprint density at radius 3 is 1.42 bits per heavy atom. The summed E-state index contributed by atoms with van der Waals surface area (Å²) in [6.45, 7) is 0. The van der Waals surface area contributed by atoms with Crippen molar-refractivity contribution in [3.8, 4) is 0 Å². The fourth-order valence-corrected chi connectivity index (χ4v) is 10.2. The second-order valence-corrected chi connectivity index (χ2v) is 11.3. The summed E-state index contributed by atoms with van der Waals surface area (Å²) in [5, 5.41) is 0. The standard InChI is InChI=1S/2C5H9.O.Sn/c2*1-2-4-5-3-1;;/h2*1H,2-5H2;;. The van der Waals surface area contributed by atoms with Crippen LogP contribution < -0.4 is 0 Å². The van der Waals surface area contributed by atoms with Crippen LogP contribution in [0.4, 0.5) is 0 Å². The second-order valence-electron chi connectivity index (χ2n) is 4.37. The Kier molecular flexibility index (Phi) is 3.21. The zero-order chi connectivity index (χ0) is 8.39. The Labute approximate surface area is 82.0 Å². The topological polar surface area (TPSA) is 17.1 Å². The summed E-state index contributed by atoms with van der Waals surface area (Å²) < 4.78 is 13.6. The molecular formula is C10H18OSn. The van der Waals surface area contributed by atoms with Gasteiger partial charge in [0.05, 0.1) is 0 Å². The van der Waals surface area contributed by atoms with Crippen LogP contribution in [-0.4, -0.2) is 19.7 Å². The second kappa shape index (κ2) is 4.21. The predicted molar refractivity (Wildman–Crippen MR) is 50.9 cm³/mol. The molecule has 0 heterocycles. The van der Waals surface area contributed by atoms with Crippen molar-refractivity contribution in [3.05, 3.63) is 0 Å². The van der Waals surface area contributed by atoms with Crippen LogP contribution in [-0.2, 0) is 3.08 Å². The summed E-state index contributed by atoms with van der Waals surface area (Å²) in [7, 11) is 0. The van der Waals surface area contributed by atoms with E-state index in [1.54, 1.807) is 0 Å². The third kappa shape index (κ3) is 1.91. The van der Waals surface area contributed by atoms with Gasteiger partial charge in [-0.25, -0.2) is 0 Å². The molecule has 2 saturated carbocycles. The Bertz CT molecular complexity index is 149. The third-order valence-electron chi connectivity index (χ3n) is 3.52. The third-order valence-corrected chi connectivity index (χ3v) is 11.4. The molecule has 0 aromatic heterocycles. The Balaban J connectivity index is 1.89. The summed E-state index contributed by atoms with van der Waals surface area (Å²) in [6, 6.07) is 0. The van der Waals surface area contributed by atoms with E-state index in [1.165, 1.54) is 51.4 Å². The molecule has 0 saturated heterocycles. The molecule has 68 valence electrons. The van der Waals surface area contributed by atoms with Crippen LogP contribution in [0.3, 0.4) is 0 Å². The minimum atomic E-state index is -2.12. The maximum atomic E-state index is 12.1. The first-order valence-corrected chi connectivity index (χ1v) is 9.88. The van der Waals surface area contributed by atoms with E-state index in [0.29, 0.717) is 0 Å². The molecule has 0 N–H and O–H groups in total. The van der Waals surface area contributed by atoms with Gasteiger partial charge < -0.3 is 0 Å². The van der Waals surface area contributed by atoms with Crippen LogP contribution in [0, 0.1) is 0 Å². The van der Waals surface area contributed by atoms with Crippen LogP contribution in [0.1, 0.15) is 51.4 Å². The van der Waals surface area contributed by atoms with Crippen LogP contribution in [0.5, 0.6) is 0 Å². The zero-order valence-corrected chi connectivity index (χ0v) is 10.6. The van der Waals surface area contributed by atoms with E-state index in [1.807, 2.05) is 0 Å². The average molecular weight is 273 g/mol. The van der Waals surface area contributed by atoms with Crippen molar-refractivity contribution in [3.63, 3.8) is 0 Å². The van der Waals surface area contributed by atoms with Gasteiger partial charge in [-0.15, -0.1) is 0 Å². The van der Waals surface area contributed by atoms with Gasteiger partial charge >= 0.3 is 82.1 Å². The first-order chi connectivity index (χ1) is 5.88. The van der Waals surface area contributed by atoms with E-state index in [9.17, 15) is 3.08 Å². The minimum absolute atomic E-state index is 0.746. The molecule has 0 aromatic carbocycles. The molecule has 2 aliphatic carbocycles. The van der Waals surface area contributed by atoms with Crippen molar-refractivity contribution >= 4 is 19.7 Å². The molecule has 0 aromatic rings. The molecule has 0 spiro atoms. The SMILES string of the molecule is [O]=[Sn]([CH]1CCCC1)[CH]1CCCC1. The van der Waals surface area contributed by atoms with Gasteiger partial charge in [-0.3, -0.25) is 0 Å². The summed E-state index contributed by atoms with van der Waals surface area (Å²) in [5.74, 6) is 0. The van der Waals surface area contributed by atoms with Gasteiger partial charge in [0.25, 0.3) is 0 Å². The molecule has 0 amide bonds. The summed E-state index contributed by atoms with van der Waals surface area (Å²) in [4.78, 5) is 0. The monoisotopic (exact) mass is 274 g/mol. The van der Waals surface area contributed by atoms with Crippen LogP contribution in [0.15, 0.2) is 0 Å². The van der Waals surface area contributed by atoms with Gasteiger partial charge in [-0.1, -0.05) is 0 Å². The number of hydrogen-bond donors (Lipinski definition) is 0. The molecule has 0 bridgehead atoms. The van der Waals surface area contributed by atoms with E-state index < -0.39 is 19.7 Å². The summed E-state index contributed by atoms with van der Waals surface area (Å²) in [6.07, 6.45) is 10.7. The molecule has 12 heavy (non-hydrogen) atoms. The molecule has 0 unspecified atom stereocenters. The zero-order valence-electron chi connectivity index (χ0n) is 7.72. The fourth-order valence-electron chi connectivity index (χ4n) is 2.75. The van der Waals surface area contributed by atoms with Crippen molar-refractivity contribution in [1.29, 1.82) is 0 Å². The number of hydrogen-bond acceptors (Lipinski definition) is 1. The van der Waals surface area contributed by atoms with Gasteiger partial charge in [0, 0.05) is 0 Å². The van der Waals surface area contributed by atoms with Crippen molar-refractivity contribution < 1.29 is 3.08 Å². The van der Waals surface area contributed by atoms with Gasteiger partial charge in [-0.05, 0) is 0 Å². The Morgan fingerprint density at radius 2 is 1.08 bits per heavy atom. The van der Waals surface area contributed by atoms with Crippen molar-refractivity contribution in [2.75, 3.05) is 0 Å². The average Bonchev–Trinajstić information content (AvgIpc) is 2.77. The van der Waals surface area contributed by atoms with Gasteiger partial charge in [-0.2, -0.15) is 0 Å². The molecule has 2 aliphatic rings.